The van der Waals surface area contributed by atoms with Crippen molar-refractivity contribution in [2.24, 2.45) is 0 Å². The number of hydrogen-bond acceptors (Lipinski definition) is 2. The van der Waals surface area contributed by atoms with Gasteiger partial charge in [-0.1, -0.05) is 0 Å². The average Bonchev–Trinajstić information content (AvgIpc) is 2.14. The maximum atomic E-state index is 5.15. The predicted octanol–water partition coefficient (Wildman–Crippen LogP) is 1.14. The molecule has 0 aromatic carbocycles. The van der Waals surface area contributed by atoms with E-state index in [1.54, 1.807) is 0 Å². The summed E-state index contributed by atoms with van der Waals surface area (Å²) >= 11 is 0. The normalized spacial score (nSPS) is 28.8. The summed E-state index contributed by atoms with van der Waals surface area (Å²) in [6.45, 7) is 4.49. The van der Waals surface area contributed by atoms with Crippen LogP contribution >= 0.6 is 0 Å². The molecule has 0 saturated carbocycles. The molecule has 1 unspecified atom stereocenters. The second-order valence-corrected chi connectivity index (χ2v) is 1.83. The van der Waals surface area contributed by atoms with Crippen molar-refractivity contribution in [3.05, 3.63) is 12.5 Å². The van der Waals surface area contributed by atoms with Gasteiger partial charge in [0.05, 0.1) is 6.92 Å². The molecule has 0 aromatic rings. The summed E-state index contributed by atoms with van der Waals surface area (Å²) < 4.78 is 10.2. The summed E-state index contributed by atoms with van der Waals surface area (Å²) in [5.74, 6) is 0. The molecule has 0 bridgehead atoms. The summed E-state index contributed by atoms with van der Waals surface area (Å²) in [6, 6.07) is 0. The fourth-order valence-corrected chi connectivity index (χ4v) is 0.630. The van der Waals surface area contributed by atoms with E-state index in [0.717, 1.165) is 6.10 Å². The highest BCUT2D eigenvalue weighted by Crippen LogP contribution is 2.17. The molecule has 1 fully saturated rings. The third kappa shape index (κ3) is 1.08. The zero-order valence-electron chi connectivity index (χ0n) is 5.18. The lowest BCUT2D eigenvalue weighted by Crippen LogP contribution is -2.04. The Morgan fingerprint density at radius 2 is 2.50 bits per heavy atom. The van der Waals surface area contributed by atoms with Gasteiger partial charge in [0.25, 0.3) is 6.10 Å². The highest BCUT2D eigenvalue weighted by molar-refractivity contribution is 4.81. The van der Waals surface area contributed by atoms with E-state index in [-0.39, 0.29) is 6.29 Å². The third-order valence-electron chi connectivity index (χ3n) is 1.04. The standard InChI is InChI=1S/C6H10O2/c1-3-6-7-4-5(2)8-6/h3,6H,4H2,1-2H3/q+2. The van der Waals surface area contributed by atoms with Gasteiger partial charge in [-0.3, -0.25) is 4.74 Å². The Kier molecular flexibility index (Phi) is 1.65. The summed E-state index contributed by atoms with van der Waals surface area (Å²) in [6.07, 6.45) is 2.76. The second-order valence-electron chi connectivity index (χ2n) is 1.83. The quantitative estimate of drug-likeness (QED) is 0.476. The van der Waals surface area contributed by atoms with Gasteiger partial charge in [0, 0.05) is 0 Å². The third-order valence-corrected chi connectivity index (χ3v) is 1.04. The summed E-state index contributed by atoms with van der Waals surface area (Å²) in [5, 5.41) is 0. The molecule has 44 valence electrons. The largest absolute Gasteiger partial charge is 0.352 e. The fraction of sp³-hybridized carbons (Fsp3) is 0.667. The van der Waals surface area contributed by atoms with Gasteiger partial charge in [0.2, 0.25) is 6.61 Å². The Bertz CT molecular complexity index is 72.9. The lowest BCUT2D eigenvalue weighted by atomic mass is 10.4. The number of hydrogen-bond donors (Lipinski definition) is 0. The highest BCUT2D eigenvalue weighted by Gasteiger charge is 2.37. The van der Waals surface area contributed by atoms with Crippen molar-refractivity contribution in [3.8, 4) is 0 Å². The van der Waals surface area contributed by atoms with Gasteiger partial charge < -0.3 is 0 Å². The van der Waals surface area contributed by atoms with Crippen LogP contribution in [0.1, 0.15) is 13.8 Å². The summed E-state index contributed by atoms with van der Waals surface area (Å²) in [7, 11) is 0. The Hall–Kier alpha value is -0.340. The summed E-state index contributed by atoms with van der Waals surface area (Å²) in [4.78, 5) is 0. The highest BCUT2D eigenvalue weighted by atomic mass is 16.7. The first-order valence-electron chi connectivity index (χ1n) is 2.73. The molecule has 8 heavy (non-hydrogen) atoms. The molecule has 1 aliphatic rings. The minimum Gasteiger partial charge on any atom is -0.265 e. The van der Waals surface area contributed by atoms with Crippen LogP contribution in [0, 0.1) is 12.5 Å². The smallest absolute Gasteiger partial charge is 0.265 e. The molecular weight excluding hydrogens is 104 g/mol. The maximum Gasteiger partial charge on any atom is 0.352 e. The van der Waals surface area contributed by atoms with Gasteiger partial charge in [-0.2, -0.15) is 0 Å². The van der Waals surface area contributed by atoms with Crippen LogP contribution in [0.4, 0.5) is 0 Å². The minimum absolute atomic E-state index is 0.0880. The van der Waals surface area contributed by atoms with E-state index in [9.17, 15) is 0 Å². The molecule has 1 heterocycles. The monoisotopic (exact) mass is 114 g/mol. The van der Waals surface area contributed by atoms with Crippen molar-refractivity contribution < 1.29 is 9.47 Å². The Balaban J connectivity index is 2.22. The van der Waals surface area contributed by atoms with Gasteiger partial charge in [0.1, 0.15) is 13.3 Å². The lowest BCUT2D eigenvalue weighted by molar-refractivity contribution is -0.0120. The number of ether oxygens (including phenoxy) is 2. The maximum absolute atomic E-state index is 5.15. The molecule has 0 spiro atoms. The van der Waals surface area contributed by atoms with Crippen LogP contribution in [0.25, 0.3) is 0 Å². The molecule has 1 saturated heterocycles. The lowest BCUT2D eigenvalue weighted by Gasteiger charge is -1.85. The molecular formula is C6H10O2+2. The van der Waals surface area contributed by atoms with Gasteiger partial charge in [0.15, 0.2) is 0 Å². The van der Waals surface area contributed by atoms with Crippen molar-refractivity contribution in [2.75, 3.05) is 6.61 Å². The van der Waals surface area contributed by atoms with Crippen LogP contribution in [0.15, 0.2) is 0 Å². The first-order chi connectivity index (χ1) is 3.83. The summed E-state index contributed by atoms with van der Waals surface area (Å²) in [5.41, 5.74) is 0. The van der Waals surface area contributed by atoms with Gasteiger partial charge in [-0.05, 0) is 0 Å². The molecule has 0 amide bonds. The van der Waals surface area contributed by atoms with Crippen molar-refractivity contribution >= 4 is 0 Å². The average molecular weight is 114 g/mol. The molecule has 2 heteroatoms. The van der Waals surface area contributed by atoms with Crippen molar-refractivity contribution in [3.63, 3.8) is 0 Å². The molecule has 1 atom stereocenters. The van der Waals surface area contributed by atoms with E-state index in [2.05, 4.69) is 0 Å². The zero-order valence-corrected chi connectivity index (χ0v) is 5.18. The topological polar surface area (TPSA) is 18.5 Å². The first-order valence-corrected chi connectivity index (χ1v) is 2.73. The Morgan fingerprint density at radius 3 is 2.75 bits per heavy atom. The van der Waals surface area contributed by atoms with Crippen LogP contribution in [0.2, 0.25) is 0 Å². The van der Waals surface area contributed by atoms with Crippen molar-refractivity contribution in [2.45, 2.75) is 20.1 Å². The van der Waals surface area contributed by atoms with Crippen LogP contribution in [-0.4, -0.2) is 12.9 Å². The Labute approximate surface area is 49.8 Å². The van der Waals surface area contributed by atoms with E-state index in [1.807, 2.05) is 20.3 Å². The van der Waals surface area contributed by atoms with E-state index in [0.29, 0.717) is 6.61 Å². The van der Waals surface area contributed by atoms with Crippen LogP contribution < -0.4 is 0 Å². The van der Waals surface area contributed by atoms with E-state index in [4.69, 9.17) is 9.47 Å². The predicted molar refractivity (Wildman–Crippen MR) is 29.7 cm³/mol. The molecule has 2 nitrogen and oxygen atoms in total. The second kappa shape index (κ2) is 2.29. The van der Waals surface area contributed by atoms with E-state index >= 15 is 0 Å². The SMILES string of the molecule is C[CH+]C1OC[C+](C)O1. The van der Waals surface area contributed by atoms with Crippen LogP contribution in [0.5, 0.6) is 0 Å². The van der Waals surface area contributed by atoms with Crippen LogP contribution in [-0.2, 0) is 9.47 Å². The zero-order chi connectivity index (χ0) is 5.98. The van der Waals surface area contributed by atoms with Gasteiger partial charge in [-0.25, -0.2) is 0 Å². The minimum atomic E-state index is -0.0880. The van der Waals surface area contributed by atoms with Gasteiger partial charge >= 0.3 is 6.29 Å². The van der Waals surface area contributed by atoms with Crippen molar-refractivity contribution in [1.82, 2.24) is 0 Å². The first kappa shape index (κ1) is 5.79. The number of rotatable bonds is 1. The molecule has 1 aliphatic heterocycles. The molecule has 1 rings (SSSR count). The van der Waals surface area contributed by atoms with E-state index in [1.165, 1.54) is 0 Å². The fourth-order valence-electron chi connectivity index (χ4n) is 0.630. The van der Waals surface area contributed by atoms with Gasteiger partial charge in [-0.15, -0.1) is 4.74 Å². The molecule has 0 radical (unpaired) electrons. The van der Waals surface area contributed by atoms with Crippen LogP contribution in [0.3, 0.4) is 0 Å². The van der Waals surface area contributed by atoms with E-state index < -0.39 is 0 Å². The molecule has 0 aromatic heterocycles. The Morgan fingerprint density at radius 1 is 1.75 bits per heavy atom. The van der Waals surface area contributed by atoms with Crippen molar-refractivity contribution in [1.29, 1.82) is 0 Å². The molecule has 0 aliphatic carbocycles. The molecule has 0 N–H and O–H groups in total.